The molecule has 0 bridgehead atoms. The molecule has 7 nitrogen and oxygen atoms in total. The fraction of sp³-hybridized carbons (Fsp3) is 0.222. The Morgan fingerprint density at radius 3 is 2.64 bits per heavy atom. The second kappa shape index (κ2) is 7.57. The van der Waals surface area contributed by atoms with Gasteiger partial charge in [-0.25, -0.2) is 15.0 Å². The van der Waals surface area contributed by atoms with Crippen molar-refractivity contribution in [3.05, 3.63) is 66.0 Å². The number of rotatable bonds is 6. The van der Waals surface area contributed by atoms with E-state index in [0.29, 0.717) is 30.3 Å². The molecule has 2 aromatic heterocycles. The van der Waals surface area contributed by atoms with Crippen LogP contribution in [-0.4, -0.2) is 38.5 Å². The van der Waals surface area contributed by atoms with Crippen molar-refractivity contribution in [3.8, 4) is 5.82 Å². The quantitative estimate of drug-likeness (QED) is 0.674. The molecule has 0 saturated carbocycles. The van der Waals surface area contributed by atoms with Crippen molar-refractivity contribution in [3.63, 3.8) is 0 Å². The molecular formula is C18H20N6O. The molecule has 0 aliphatic heterocycles. The van der Waals surface area contributed by atoms with Gasteiger partial charge in [0.2, 0.25) is 0 Å². The summed E-state index contributed by atoms with van der Waals surface area (Å²) in [7, 11) is 0. The maximum Gasteiger partial charge on any atom is 0.251 e. The summed E-state index contributed by atoms with van der Waals surface area (Å²) in [4.78, 5) is 25.0. The molecule has 2 N–H and O–H groups in total. The van der Waals surface area contributed by atoms with E-state index in [4.69, 9.17) is 0 Å². The zero-order valence-corrected chi connectivity index (χ0v) is 14.2. The van der Waals surface area contributed by atoms with Crippen LogP contribution >= 0.6 is 0 Å². The number of imidazole rings is 1. The molecule has 3 aromatic rings. The molecule has 2 heterocycles. The maximum absolute atomic E-state index is 12.0. The second-order valence-corrected chi connectivity index (χ2v) is 5.55. The summed E-state index contributed by atoms with van der Waals surface area (Å²) in [5.74, 6) is 2.92. The summed E-state index contributed by atoms with van der Waals surface area (Å²) in [6, 6.07) is 11.0. The van der Waals surface area contributed by atoms with Crippen LogP contribution in [0.4, 0.5) is 5.82 Å². The van der Waals surface area contributed by atoms with Gasteiger partial charge in [0.05, 0.1) is 0 Å². The largest absolute Gasteiger partial charge is 0.368 e. The van der Waals surface area contributed by atoms with Gasteiger partial charge < -0.3 is 10.6 Å². The Morgan fingerprint density at radius 1 is 1.12 bits per heavy atom. The van der Waals surface area contributed by atoms with Crippen LogP contribution in [0.5, 0.6) is 0 Å². The first-order valence-electron chi connectivity index (χ1n) is 8.06. The lowest BCUT2D eigenvalue weighted by Gasteiger charge is -2.10. The monoisotopic (exact) mass is 336 g/mol. The van der Waals surface area contributed by atoms with Crippen LogP contribution in [0.2, 0.25) is 0 Å². The number of nitrogens with zero attached hydrogens (tertiary/aromatic N) is 4. The van der Waals surface area contributed by atoms with Crippen LogP contribution in [0.3, 0.4) is 0 Å². The van der Waals surface area contributed by atoms with E-state index in [1.54, 1.807) is 18.3 Å². The summed E-state index contributed by atoms with van der Waals surface area (Å²) in [6.07, 6.45) is 3.60. The highest BCUT2D eigenvalue weighted by molar-refractivity contribution is 5.94. The molecule has 1 aromatic carbocycles. The molecule has 0 radical (unpaired) electrons. The van der Waals surface area contributed by atoms with Gasteiger partial charge >= 0.3 is 0 Å². The van der Waals surface area contributed by atoms with Crippen molar-refractivity contribution in [2.45, 2.75) is 13.8 Å². The van der Waals surface area contributed by atoms with Crippen LogP contribution in [-0.2, 0) is 0 Å². The Kier molecular flexibility index (Phi) is 5.03. The Morgan fingerprint density at radius 2 is 1.92 bits per heavy atom. The first-order valence-corrected chi connectivity index (χ1v) is 8.06. The Balaban J connectivity index is 1.58. The minimum absolute atomic E-state index is 0.0870. The van der Waals surface area contributed by atoms with Crippen LogP contribution in [0.25, 0.3) is 5.82 Å². The number of anilines is 1. The molecule has 25 heavy (non-hydrogen) atoms. The van der Waals surface area contributed by atoms with Crippen molar-refractivity contribution in [1.29, 1.82) is 0 Å². The number of hydrogen-bond acceptors (Lipinski definition) is 5. The molecule has 3 rings (SSSR count). The van der Waals surface area contributed by atoms with Gasteiger partial charge in [-0.15, -0.1) is 0 Å². The molecule has 0 aliphatic rings. The first-order chi connectivity index (χ1) is 12.1. The minimum Gasteiger partial charge on any atom is -0.368 e. The minimum atomic E-state index is -0.0870. The predicted octanol–water partition coefficient (Wildman–Crippen LogP) is 2.12. The number of carbonyl (C=O) groups excluding carboxylic acids is 1. The van der Waals surface area contributed by atoms with Crippen LogP contribution in [0.15, 0.2) is 48.8 Å². The lowest BCUT2D eigenvalue weighted by Crippen LogP contribution is -2.28. The van der Waals surface area contributed by atoms with Crippen LogP contribution in [0.1, 0.15) is 22.0 Å². The lowest BCUT2D eigenvalue weighted by atomic mass is 10.2. The van der Waals surface area contributed by atoms with Gasteiger partial charge in [0, 0.05) is 37.1 Å². The molecule has 128 valence electrons. The zero-order chi connectivity index (χ0) is 17.6. The number of hydrogen-bond donors (Lipinski definition) is 2. The Bertz CT molecular complexity index is 859. The standard InChI is InChI=1S/C18H20N6O/c1-13-22-16(12-17(23-13)24-11-10-19-14(24)2)20-8-9-21-18(25)15-6-4-3-5-7-15/h3-7,10-12H,8-9H2,1-2H3,(H,21,25)(H,20,22,23). The van der Waals surface area contributed by atoms with Gasteiger partial charge in [-0.05, 0) is 26.0 Å². The van der Waals surface area contributed by atoms with Crippen molar-refractivity contribution < 1.29 is 4.79 Å². The molecule has 0 unspecified atom stereocenters. The highest BCUT2D eigenvalue weighted by Crippen LogP contribution is 2.12. The predicted molar refractivity (Wildman–Crippen MR) is 95.9 cm³/mol. The number of benzene rings is 1. The molecule has 0 spiro atoms. The fourth-order valence-electron chi connectivity index (χ4n) is 2.44. The van der Waals surface area contributed by atoms with E-state index in [-0.39, 0.29) is 5.91 Å². The number of amides is 1. The summed E-state index contributed by atoms with van der Waals surface area (Å²) in [5, 5.41) is 6.09. The van der Waals surface area contributed by atoms with E-state index in [0.717, 1.165) is 11.6 Å². The van der Waals surface area contributed by atoms with E-state index in [1.165, 1.54) is 0 Å². The number of nitrogens with one attached hydrogen (secondary N) is 2. The summed E-state index contributed by atoms with van der Waals surface area (Å²) in [5.41, 5.74) is 0.651. The van der Waals surface area contributed by atoms with Crippen LogP contribution < -0.4 is 10.6 Å². The normalized spacial score (nSPS) is 10.5. The Labute approximate surface area is 146 Å². The topological polar surface area (TPSA) is 84.7 Å². The Hall–Kier alpha value is -3.22. The van der Waals surface area contributed by atoms with Crippen molar-refractivity contribution in [2.24, 2.45) is 0 Å². The van der Waals surface area contributed by atoms with Gasteiger partial charge in [-0.3, -0.25) is 9.36 Å². The fourth-order valence-corrected chi connectivity index (χ4v) is 2.44. The molecular weight excluding hydrogens is 316 g/mol. The number of aromatic nitrogens is 4. The van der Waals surface area contributed by atoms with Crippen molar-refractivity contribution in [1.82, 2.24) is 24.8 Å². The lowest BCUT2D eigenvalue weighted by molar-refractivity contribution is 0.0955. The second-order valence-electron chi connectivity index (χ2n) is 5.55. The third-order valence-electron chi connectivity index (χ3n) is 3.65. The van der Waals surface area contributed by atoms with Crippen molar-refractivity contribution >= 4 is 11.7 Å². The molecule has 0 saturated heterocycles. The highest BCUT2D eigenvalue weighted by atomic mass is 16.1. The average molecular weight is 336 g/mol. The smallest absolute Gasteiger partial charge is 0.251 e. The van der Waals surface area contributed by atoms with Crippen molar-refractivity contribution in [2.75, 3.05) is 18.4 Å². The molecule has 0 atom stereocenters. The molecule has 0 fully saturated rings. The molecule has 7 heteroatoms. The van der Waals surface area contributed by atoms with E-state index in [9.17, 15) is 4.79 Å². The van der Waals surface area contributed by atoms with E-state index in [1.807, 2.05) is 48.9 Å². The van der Waals surface area contributed by atoms with Gasteiger partial charge in [0.1, 0.15) is 23.3 Å². The van der Waals surface area contributed by atoms with E-state index in [2.05, 4.69) is 25.6 Å². The first kappa shape index (κ1) is 16.6. The number of aryl methyl sites for hydroxylation is 2. The van der Waals surface area contributed by atoms with Gasteiger partial charge in [-0.2, -0.15) is 0 Å². The summed E-state index contributed by atoms with van der Waals surface area (Å²) in [6.45, 7) is 4.83. The SMILES string of the molecule is Cc1nc(NCCNC(=O)c2ccccc2)cc(-n2ccnc2C)n1. The van der Waals surface area contributed by atoms with Gasteiger partial charge in [0.15, 0.2) is 0 Å². The molecule has 1 amide bonds. The maximum atomic E-state index is 12.0. The molecule has 0 aliphatic carbocycles. The van der Waals surface area contributed by atoms with Gasteiger partial charge in [-0.1, -0.05) is 18.2 Å². The van der Waals surface area contributed by atoms with E-state index >= 15 is 0 Å². The number of carbonyl (C=O) groups is 1. The van der Waals surface area contributed by atoms with Crippen LogP contribution in [0, 0.1) is 13.8 Å². The third kappa shape index (κ3) is 4.20. The van der Waals surface area contributed by atoms with Gasteiger partial charge in [0.25, 0.3) is 5.91 Å². The zero-order valence-electron chi connectivity index (χ0n) is 14.2. The summed E-state index contributed by atoms with van der Waals surface area (Å²) < 4.78 is 1.90. The average Bonchev–Trinajstić information content (AvgIpc) is 3.05. The van der Waals surface area contributed by atoms with E-state index < -0.39 is 0 Å². The third-order valence-corrected chi connectivity index (χ3v) is 3.65. The highest BCUT2D eigenvalue weighted by Gasteiger charge is 2.07. The summed E-state index contributed by atoms with van der Waals surface area (Å²) >= 11 is 0.